The van der Waals surface area contributed by atoms with E-state index in [4.69, 9.17) is 0 Å². The standard InChI is InChI=1S/C31H54/c1-9-31-19-16-25(22(2)3)27(31)26-15-14-24-13-10-12-23(4)28(5,6)17-11-18-29(24,7)30(26,8)20-21-31/h23-27H,2,9-21H2,1,3-8H3. The van der Waals surface area contributed by atoms with Crippen LogP contribution in [0.2, 0.25) is 0 Å². The summed E-state index contributed by atoms with van der Waals surface area (Å²) in [4.78, 5) is 0. The Morgan fingerprint density at radius 3 is 2.23 bits per heavy atom. The van der Waals surface area contributed by atoms with Crippen LogP contribution in [0.5, 0.6) is 0 Å². The molecule has 178 valence electrons. The van der Waals surface area contributed by atoms with Crippen molar-refractivity contribution in [1.29, 1.82) is 0 Å². The SMILES string of the molecule is C=C(C)C1CCC2(CC)CCC3(C)C(CCC4CCCC(C)C(C)(C)CCCC43C)C12. The summed E-state index contributed by atoms with van der Waals surface area (Å²) in [6.45, 7) is 22.6. The topological polar surface area (TPSA) is 0 Å². The van der Waals surface area contributed by atoms with Gasteiger partial charge in [-0.25, -0.2) is 0 Å². The Morgan fingerprint density at radius 2 is 1.55 bits per heavy atom. The highest BCUT2D eigenvalue weighted by Gasteiger charge is 2.65. The molecule has 0 N–H and O–H groups in total. The highest BCUT2D eigenvalue weighted by atomic mass is 14.7. The van der Waals surface area contributed by atoms with Crippen molar-refractivity contribution >= 4 is 0 Å². The molecule has 4 rings (SSSR count). The van der Waals surface area contributed by atoms with E-state index in [1.807, 2.05) is 0 Å². The molecule has 31 heavy (non-hydrogen) atoms. The fourth-order valence-electron chi connectivity index (χ4n) is 9.99. The minimum atomic E-state index is 0.512. The van der Waals surface area contributed by atoms with Crippen LogP contribution in [0.3, 0.4) is 0 Å². The molecule has 0 bridgehead atoms. The van der Waals surface area contributed by atoms with Crippen molar-refractivity contribution in [3.05, 3.63) is 12.2 Å². The summed E-state index contributed by atoms with van der Waals surface area (Å²) in [5.41, 5.74) is 3.71. The molecule has 4 fully saturated rings. The van der Waals surface area contributed by atoms with Crippen LogP contribution in [0.1, 0.15) is 132 Å². The molecule has 0 aromatic rings. The Labute approximate surface area is 195 Å². The maximum atomic E-state index is 4.53. The molecule has 0 spiro atoms. The lowest BCUT2D eigenvalue weighted by atomic mass is 9.38. The molecule has 4 aliphatic carbocycles. The Morgan fingerprint density at radius 1 is 0.806 bits per heavy atom. The zero-order chi connectivity index (χ0) is 22.7. The van der Waals surface area contributed by atoms with Crippen molar-refractivity contribution in [2.45, 2.75) is 132 Å². The summed E-state index contributed by atoms with van der Waals surface area (Å²) in [5, 5.41) is 0. The fraction of sp³-hybridized carbons (Fsp3) is 0.935. The van der Waals surface area contributed by atoms with Crippen molar-refractivity contribution in [3.8, 4) is 0 Å². The highest BCUT2D eigenvalue weighted by Crippen LogP contribution is 2.73. The molecule has 4 saturated carbocycles. The first-order valence-electron chi connectivity index (χ1n) is 14.2. The van der Waals surface area contributed by atoms with E-state index in [0.29, 0.717) is 21.7 Å². The molecule has 0 aliphatic heterocycles. The minimum absolute atomic E-state index is 0.512. The van der Waals surface area contributed by atoms with Gasteiger partial charge in [-0.3, -0.25) is 0 Å². The van der Waals surface area contributed by atoms with E-state index < -0.39 is 0 Å². The van der Waals surface area contributed by atoms with Gasteiger partial charge in [0.2, 0.25) is 0 Å². The van der Waals surface area contributed by atoms with Gasteiger partial charge < -0.3 is 0 Å². The van der Waals surface area contributed by atoms with Crippen LogP contribution in [0, 0.1) is 51.2 Å². The van der Waals surface area contributed by atoms with Crippen LogP contribution in [-0.2, 0) is 0 Å². The summed E-state index contributed by atoms with van der Waals surface area (Å²) in [6, 6.07) is 0. The summed E-state index contributed by atoms with van der Waals surface area (Å²) in [7, 11) is 0. The largest absolute Gasteiger partial charge is 0.0998 e. The monoisotopic (exact) mass is 426 g/mol. The van der Waals surface area contributed by atoms with E-state index in [2.05, 4.69) is 55.0 Å². The van der Waals surface area contributed by atoms with E-state index in [9.17, 15) is 0 Å². The van der Waals surface area contributed by atoms with E-state index in [1.165, 1.54) is 89.0 Å². The third-order valence-corrected chi connectivity index (χ3v) is 12.9. The summed E-state index contributed by atoms with van der Waals surface area (Å²) in [5.74, 6) is 4.48. The van der Waals surface area contributed by atoms with Crippen LogP contribution >= 0.6 is 0 Å². The second-order valence-corrected chi connectivity index (χ2v) is 14.1. The van der Waals surface area contributed by atoms with Gasteiger partial charge in [-0.05, 0) is 116 Å². The smallest absolute Gasteiger partial charge is 0.0172 e. The maximum absolute atomic E-state index is 4.53. The normalized spacial score (nSPS) is 50.1. The van der Waals surface area contributed by atoms with E-state index in [0.717, 1.165) is 29.6 Å². The van der Waals surface area contributed by atoms with Gasteiger partial charge in [0.25, 0.3) is 0 Å². The van der Waals surface area contributed by atoms with Crippen molar-refractivity contribution in [3.63, 3.8) is 0 Å². The van der Waals surface area contributed by atoms with Gasteiger partial charge in [0.1, 0.15) is 0 Å². The first-order chi connectivity index (χ1) is 14.5. The zero-order valence-electron chi connectivity index (χ0n) is 22.3. The number of rotatable bonds is 2. The molecular weight excluding hydrogens is 372 g/mol. The zero-order valence-corrected chi connectivity index (χ0v) is 22.3. The van der Waals surface area contributed by atoms with Gasteiger partial charge >= 0.3 is 0 Å². The second-order valence-electron chi connectivity index (χ2n) is 14.1. The first kappa shape index (κ1) is 23.9. The van der Waals surface area contributed by atoms with Crippen molar-refractivity contribution in [2.75, 3.05) is 0 Å². The Bertz CT molecular complexity index is 672. The van der Waals surface area contributed by atoms with Gasteiger partial charge in [-0.15, -0.1) is 0 Å². The predicted octanol–water partition coefficient (Wildman–Crippen LogP) is 9.83. The van der Waals surface area contributed by atoms with E-state index in [1.54, 1.807) is 0 Å². The number of fused-ring (bicyclic) bond motifs is 5. The third kappa shape index (κ3) is 3.60. The second kappa shape index (κ2) is 8.20. The molecular formula is C31H54. The summed E-state index contributed by atoms with van der Waals surface area (Å²) >= 11 is 0. The van der Waals surface area contributed by atoms with Gasteiger partial charge in [-0.2, -0.15) is 0 Å². The third-order valence-electron chi connectivity index (χ3n) is 12.9. The Kier molecular flexibility index (Phi) is 6.32. The molecule has 0 aromatic heterocycles. The van der Waals surface area contributed by atoms with E-state index >= 15 is 0 Å². The van der Waals surface area contributed by atoms with Gasteiger partial charge in [-0.1, -0.05) is 79.4 Å². The molecule has 0 nitrogen and oxygen atoms in total. The molecule has 4 aliphatic rings. The molecule has 8 atom stereocenters. The van der Waals surface area contributed by atoms with Gasteiger partial charge in [0.15, 0.2) is 0 Å². The minimum Gasteiger partial charge on any atom is -0.0998 e. The fourth-order valence-corrected chi connectivity index (χ4v) is 9.99. The number of allylic oxidation sites excluding steroid dienone is 1. The van der Waals surface area contributed by atoms with Gasteiger partial charge in [0, 0.05) is 0 Å². The maximum Gasteiger partial charge on any atom is -0.0172 e. The van der Waals surface area contributed by atoms with Crippen LogP contribution in [0.4, 0.5) is 0 Å². The lowest BCUT2D eigenvalue weighted by Gasteiger charge is -2.66. The first-order valence-corrected chi connectivity index (χ1v) is 14.2. The number of hydrogen-bond donors (Lipinski definition) is 0. The molecule has 0 aromatic carbocycles. The molecule has 0 radical (unpaired) electrons. The quantitative estimate of drug-likeness (QED) is 0.385. The average molecular weight is 427 g/mol. The molecule has 8 unspecified atom stereocenters. The summed E-state index contributed by atoms with van der Waals surface area (Å²) < 4.78 is 0. The van der Waals surface area contributed by atoms with Crippen LogP contribution in [0.25, 0.3) is 0 Å². The molecule has 0 amide bonds. The van der Waals surface area contributed by atoms with Crippen molar-refractivity contribution < 1.29 is 0 Å². The lowest BCUT2D eigenvalue weighted by Crippen LogP contribution is -2.59. The number of hydrogen-bond acceptors (Lipinski definition) is 0. The average Bonchev–Trinajstić information content (AvgIpc) is 3.10. The molecule has 0 heteroatoms. The van der Waals surface area contributed by atoms with Crippen LogP contribution in [-0.4, -0.2) is 0 Å². The van der Waals surface area contributed by atoms with Crippen LogP contribution < -0.4 is 0 Å². The van der Waals surface area contributed by atoms with E-state index in [-0.39, 0.29) is 0 Å². The lowest BCUT2D eigenvalue weighted by molar-refractivity contribution is -0.171. The molecule has 0 heterocycles. The highest BCUT2D eigenvalue weighted by molar-refractivity contribution is 5.18. The Balaban J connectivity index is 1.68. The van der Waals surface area contributed by atoms with Crippen LogP contribution in [0.15, 0.2) is 12.2 Å². The predicted molar refractivity (Wildman–Crippen MR) is 136 cm³/mol. The van der Waals surface area contributed by atoms with Crippen molar-refractivity contribution in [1.82, 2.24) is 0 Å². The van der Waals surface area contributed by atoms with Crippen molar-refractivity contribution in [2.24, 2.45) is 51.2 Å². The van der Waals surface area contributed by atoms with Gasteiger partial charge in [0.05, 0.1) is 0 Å². The Hall–Kier alpha value is -0.260. The summed E-state index contributed by atoms with van der Waals surface area (Å²) in [6.07, 6.45) is 19.1. The molecule has 0 saturated heterocycles.